The van der Waals surface area contributed by atoms with E-state index >= 15 is 0 Å². The molecule has 2 N–H and O–H groups in total. The molecule has 0 bridgehead atoms. The lowest BCUT2D eigenvalue weighted by Gasteiger charge is -2.38. The largest absolute Gasteiger partial charge is 0.495 e. The summed E-state index contributed by atoms with van der Waals surface area (Å²) in [6.45, 7) is 13.3. The highest BCUT2D eigenvalue weighted by Crippen LogP contribution is 2.31. The fourth-order valence-corrected chi connectivity index (χ4v) is 5.35. The van der Waals surface area contributed by atoms with Gasteiger partial charge >= 0.3 is 0 Å². The number of para-hydroxylation sites is 2. The second-order valence-corrected chi connectivity index (χ2v) is 10.8. The van der Waals surface area contributed by atoms with Crippen molar-refractivity contribution < 1.29 is 19.1 Å². The van der Waals surface area contributed by atoms with Crippen LogP contribution in [0.2, 0.25) is 0 Å². The van der Waals surface area contributed by atoms with E-state index in [4.69, 9.17) is 9.47 Å². The minimum Gasteiger partial charge on any atom is -0.495 e. The van der Waals surface area contributed by atoms with E-state index in [0.29, 0.717) is 30.0 Å². The Labute approximate surface area is 262 Å². The van der Waals surface area contributed by atoms with Gasteiger partial charge in [0.2, 0.25) is 0 Å². The Morgan fingerprint density at radius 1 is 0.841 bits per heavy atom. The Balaban J connectivity index is 1.49. The number of carbonyl (C=O) groups excluding carboxylic acids is 2. The van der Waals surface area contributed by atoms with Gasteiger partial charge in [-0.15, -0.1) is 0 Å². The number of hydrogen-bond donors (Lipinski definition) is 2. The van der Waals surface area contributed by atoms with E-state index in [1.165, 1.54) is 0 Å². The Morgan fingerprint density at radius 2 is 1.52 bits per heavy atom. The molecular formula is C35H47N5O4. The van der Waals surface area contributed by atoms with Crippen LogP contribution in [0.3, 0.4) is 0 Å². The van der Waals surface area contributed by atoms with Crippen molar-refractivity contribution in [3.8, 4) is 11.5 Å². The van der Waals surface area contributed by atoms with Gasteiger partial charge in [0.05, 0.1) is 25.0 Å². The summed E-state index contributed by atoms with van der Waals surface area (Å²) in [6.07, 6.45) is 2.05. The SMILES string of the molecule is CCCCOc1ccc(C(=O)Nc2ccc(N3CCN(c4ccccc4OC)CC3)c(C(=O)NCCN(CC)CC)c2)cc1. The van der Waals surface area contributed by atoms with Crippen molar-refractivity contribution in [2.45, 2.75) is 33.6 Å². The van der Waals surface area contributed by atoms with E-state index in [0.717, 1.165) is 81.5 Å². The molecule has 1 heterocycles. The van der Waals surface area contributed by atoms with Gasteiger partial charge in [-0.05, 0) is 74.1 Å². The van der Waals surface area contributed by atoms with Crippen LogP contribution in [0.5, 0.6) is 11.5 Å². The van der Waals surface area contributed by atoms with Crippen molar-refractivity contribution >= 4 is 28.9 Å². The van der Waals surface area contributed by atoms with E-state index in [9.17, 15) is 9.59 Å². The summed E-state index contributed by atoms with van der Waals surface area (Å²) < 4.78 is 11.3. The zero-order chi connectivity index (χ0) is 31.3. The van der Waals surface area contributed by atoms with Gasteiger partial charge in [0, 0.05) is 56.2 Å². The van der Waals surface area contributed by atoms with E-state index < -0.39 is 0 Å². The third-order valence-electron chi connectivity index (χ3n) is 8.04. The van der Waals surface area contributed by atoms with E-state index in [2.05, 4.69) is 52.2 Å². The van der Waals surface area contributed by atoms with Gasteiger partial charge in [-0.1, -0.05) is 39.3 Å². The lowest BCUT2D eigenvalue weighted by Crippen LogP contribution is -2.47. The third-order valence-corrected chi connectivity index (χ3v) is 8.04. The van der Waals surface area contributed by atoms with Crippen molar-refractivity contribution in [3.05, 3.63) is 77.9 Å². The standard InChI is InChI=1S/C35H47N5O4/c1-5-8-25-44-29-16-13-27(14-17-29)34(41)37-28-15-18-31(30(26-28)35(42)36-19-20-38(6-2)7-3)39-21-23-40(24-22-39)32-11-9-10-12-33(32)43-4/h9-18,26H,5-8,19-25H2,1-4H3,(H,36,42)(H,37,41). The fourth-order valence-electron chi connectivity index (χ4n) is 5.35. The highest BCUT2D eigenvalue weighted by Gasteiger charge is 2.24. The van der Waals surface area contributed by atoms with Crippen LogP contribution in [0.1, 0.15) is 54.3 Å². The predicted octanol–water partition coefficient (Wildman–Crippen LogP) is 5.52. The molecule has 0 atom stereocenters. The molecule has 0 saturated carbocycles. The predicted molar refractivity (Wildman–Crippen MR) is 179 cm³/mol. The minimum atomic E-state index is -0.240. The van der Waals surface area contributed by atoms with Crippen molar-refractivity contribution in [1.82, 2.24) is 10.2 Å². The molecule has 1 aliphatic rings. The number of methoxy groups -OCH3 is 1. The quantitative estimate of drug-likeness (QED) is 0.222. The van der Waals surface area contributed by atoms with Gasteiger partial charge in [-0.2, -0.15) is 0 Å². The maximum Gasteiger partial charge on any atom is 0.255 e. The number of piperazine rings is 1. The molecule has 0 aliphatic carbocycles. The first-order valence-corrected chi connectivity index (χ1v) is 15.8. The Hall–Kier alpha value is -4.24. The van der Waals surface area contributed by atoms with Gasteiger partial charge < -0.3 is 34.8 Å². The first-order valence-electron chi connectivity index (χ1n) is 15.8. The van der Waals surface area contributed by atoms with Crippen LogP contribution in [0.4, 0.5) is 17.1 Å². The molecule has 0 radical (unpaired) electrons. The first-order chi connectivity index (χ1) is 21.5. The average Bonchev–Trinajstić information content (AvgIpc) is 3.07. The van der Waals surface area contributed by atoms with Crippen LogP contribution < -0.4 is 29.9 Å². The van der Waals surface area contributed by atoms with Crippen LogP contribution in [0, 0.1) is 0 Å². The monoisotopic (exact) mass is 601 g/mol. The lowest BCUT2D eigenvalue weighted by atomic mass is 10.1. The molecule has 9 heteroatoms. The zero-order valence-corrected chi connectivity index (χ0v) is 26.6. The second kappa shape index (κ2) is 16.6. The number of nitrogens with one attached hydrogen (secondary N) is 2. The van der Waals surface area contributed by atoms with Gasteiger partial charge in [0.1, 0.15) is 11.5 Å². The lowest BCUT2D eigenvalue weighted by molar-refractivity contribution is 0.0948. The van der Waals surface area contributed by atoms with Crippen LogP contribution in [-0.2, 0) is 0 Å². The summed E-state index contributed by atoms with van der Waals surface area (Å²) >= 11 is 0. The number of amides is 2. The van der Waals surface area contributed by atoms with Gasteiger partial charge in [-0.3, -0.25) is 9.59 Å². The molecule has 0 aromatic heterocycles. The average molecular weight is 602 g/mol. The van der Waals surface area contributed by atoms with Gasteiger partial charge in [-0.25, -0.2) is 0 Å². The van der Waals surface area contributed by atoms with Crippen LogP contribution in [-0.4, -0.2) is 82.8 Å². The normalized spacial score (nSPS) is 13.1. The fraction of sp³-hybridized carbons (Fsp3) is 0.429. The Morgan fingerprint density at radius 3 is 2.18 bits per heavy atom. The minimum absolute atomic E-state index is 0.149. The molecule has 3 aromatic rings. The van der Waals surface area contributed by atoms with Crippen molar-refractivity contribution in [1.29, 1.82) is 0 Å². The molecule has 4 rings (SSSR count). The summed E-state index contributed by atoms with van der Waals surface area (Å²) in [5.41, 5.74) is 3.57. The number of anilines is 3. The second-order valence-electron chi connectivity index (χ2n) is 10.8. The van der Waals surface area contributed by atoms with E-state index in [1.807, 2.05) is 42.5 Å². The van der Waals surface area contributed by atoms with Gasteiger partial charge in [0.15, 0.2) is 0 Å². The first kappa shape index (κ1) is 32.7. The molecule has 1 aliphatic heterocycles. The third kappa shape index (κ3) is 8.66. The summed E-state index contributed by atoms with van der Waals surface area (Å²) in [6, 6.07) is 20.8. The number of ether oxygens (including phenoxy) is 2. The number of rotatable bonds is 15. The smallest absolute Gasteiger partial charge is 0.255 e. The maximum atomic E-state index is 13.6. The molecule has 0 spiro atoms. The number of likely N-dealkylation sites (N-methyl/N-ethyl adjacent to an activating group) is 1. The summed E-state index contributed by atoms with van der Waals surface area (Å²) in [5, 5.41) is 6.09. The van der Waals surface area contributed by atoms with Crippen LogP contribution in [0.25, 0.3) is 0 Å². The molecule has 236 valence electrons. The van der Waals surface area contributed by atoms with Crippen LogP contribution >= 0.6 is 0 Å². The molecule has 3 aromatic carbocycles. The van der Waals surface area contributed by atoms with Gasteiger partial charge in [0.25, 0.3) is 11.8 Å². The number of nitrogens with zero attached hydrogens (tertiary/aromatic N) is 3. The van der Waals surface area contributed by atoms with E-state index in [-0.39, 0.29) is 11.8 Å². The number of benzene rings is 3. The van der Waals surface area contributed by atoms with Crippen LogP contribution in [0.15, 0.2) is 66.7 Å². The number of carbonyl (C=O) groups is 2. The molecule has 2 amide bonds. The summed E-state index contributed by atoms with van der Waals surface area (Å²) in [4.78, 5) is 33.5. The molecule has 1 fully saturated rings. The highest BCUT2D eigenvalue weighted by molar-refractivity contribution is 6.06. The zero-order valence-electron chi connectivity index (χ0n) is 26.6. The molecule has 1 saturated heterocycles. The molecular weight excluding hydrogens is 554 g/mol. The number of unbranched alkanes of at least 4 members (excludes halogenated alkanes) is 1. The summed E-state index contributed by atoms with van der Waals surface area (Å²) in [5.74, 6) is 1.21. The highest BCUT2D eigenvalue weighted by atomic mass is 16.5. The van der Waals surface area contributed by atoms with Crippen molar-refractivity contribution in [3.63, 3.8) is 0 Å². The van der Waals surface area contributed by atoms with Crippen molar-refractivity contribution in [2.24, 2.45) is 0 Å². The summed E-state index contributed by atoms with van der Waals surface area (Å²) in [7, 11) is 1.69. The van der Waals surface area contributed by atoms with E-state index in [1.54, 1.807) is 25.3 Å². The maximum absolute atomic E-state index is 13.6. The molecule has 0 unspecified atom stereocenters. The molecule has 44 heavy (non-hydrogen) atoms. The Bertz CT molecular complexity index is 1350. The number of hydrogen-bond acceptors (Lipinski definition) is 7. The van der Waals surface area contributed by atoms with Crippen molar-refractivity contribution in [2.75, 3.05) is 81.2 Å². The molecule has 9 nitrogen and oxygen atoms in total. The Kier molecular flexibility index (Phi) is 12.3. The topological polar surface area (TPSA) is 86.4 Å².